The van der Waals surface area contributed by atoms with Crippen LogP contribution in [0, 0.1) is 0 Å². The molecule has 0 bridgehead atoms. The molecule has 0 unspecified atom stereocenters. The van der Waals surface area contributed by atoms with Crippen LogP contribution < -0.4 is 0 Å². The molecule has 0 aromatic heterocycles. The number of aliphatic hydroxyl groups excluding tert-OH is 1. The van der Waals surface area contributed by atoms with E-state index in [4.69, 9.17) is 9.66 Å². The molecule has 0 fully saturated rings. The van der Waals surface area contributed by atoms with E-state index in [0.29, 0.717) is 6.26 Å². The third-order valence-electron chi connectivity index (χ3n) is 1.78. The summed E-state index contributed by atoms with van der Waals surface area (Å²) in [5, 5.41) is 8.67. The molecule has 6 heteroatoms. The van der Waals surface area contributed by atoms with Gasteiger partial charge in [-0.05, 0) is 12.6 Å². The summed E-state index contributed by atoms with van der Waals surface area (Å²) < 4.78 is 25.9. The zero-order valence-electron chi connectivity index (χ0n) is 10.1. The minimum Gasteiger partial charge on any atom is -0.395 e. The average molecular weight is 261 g/mol. The third-order valence-corrected chi connectivity index (χ3v) is 1.78. The molecular formula is C11H19NO4S. The Hall–Kier alpha value is -0.950. The third kappa shape index (κ3) is 13.0. The number of hydrogen-bond acceptors (Lipinski definition) is 4. The first-order valence-corrected chi connectivity index (χ1v) is 6.93. The highest BCUT2D eigenvalue weighted by molar-refractivity contribution is 7.85. The Labute approximate surface area is 102 Å². The molecule has 0 amide bonds. The molecule has 2 N–H and O–H groups in total. The van der Waals surface area contributed by atoms with Gasteiger partial charge >= 0.3 is 0 Å². The number of benzene rings is 1. The van der Waals surface area contributed by atoms with E-state index in [9.17, 15) is 8.42 Å². The van der Waals surface area contributed by atoms with Crippen LogP contribution in [0.4, 0.5) is 0 Å². The van der Waals surface area contributed by atoms with Crippen molar-refractivity contribution < 1.29 is 18.1 Å². The van der Waals surface area contributed by atoms with Crippen LogP contribution in [0.1, 0.15) is 5.56 Å². The number of rotatable bonds is 4. The summed E-state index contributed by atoms with van der Waals surface area (Å²) in [5.41, 5.74) is 1.29. The van der Waals surface area contributed by atoms with Crippen molar-refractivity contribution in [1.29, 1.82) is 0 Å². The molecule has 0 aliphatic rings. The normalized spacial score (nSPS) is 10.9. The molecule has 0 saturated carbocycles. The maximum Gasteiger partial charge on any atom is 0.261 e. The second kappa shape index (κ2) is 8.19. The first-order valence-electron chi connectivity index (χ1n) is 5.08. The van der Waals surface area contributed by atoms with Crippen molar-refractivity contribution >= 4 is 10.1 Å². The molecule has 0 aliphatic carbocycles. The molecular weight excluding hydrogens is 242 g/mol. The van der Waals surface area contributed by atoms with Gasteiger partial charge in [0.2, 0.25) is 0 Å². The van der Waals surface area contributed by atoms with Gasteiger partial charge in [-0.25, -0.2) is 0 Å². The van der Waals surface area contributed by atoms with E-state index in [1.54, 1.807) is 0 Å². The zero-order chi connectivity index (χ0) is 13.3. The van der Waals surface area contributed by atoms with Crippen LogP contribution >= 0.6 is 0 Å². The predicted octanol–water partition coefficient (Wildman–Crippen LogP) is 0.615. The summed E-state index contributed by atoms with van der Waals surface area (Å²) in [6.07, 6.45) is 0.715. The maximum atomic E-state index is 9.19. The van der Waals surface area contributed by atoms with Crippen LogP contribution in [0.5, 0.6) is 0 Å². The van der Waals surface area contributed by atoms with Crippen LogP contribution in [0.2, 0.25) is 0 Å². The summed E-state index contributed by atoms with van der Waals surface area (Å²) >= 11 is 0. The second-order valence-corrected chi connectivity index (χ2v) is 5.15. The largest absolute Gasteiger partial charge is 0.395 e. The van der Waals surface area contributed by atoms with Gasteiger partial charge in [0, 0.05) is 13.1 Å². The first kappa shape index (κ1) is 16.1. The average Bonchev–Trinajstić information content (AvgIpc) is 2.16. The van der Waals surface area contributed by atoms with Crippen LogP contribution in [0.25, 0.3) is 0 Å². The highest BCUT2D eigenvalue weighted by Gasteiger charge is 1.97. The Morgan fingerprint density at radius 1 is 1.24 bits per heavy atom. The van der Waals surface area contributed by atoms with Crippen LogP contribution in [0.15, 0.2) is 30.3 Å². The number of hydrogen-bond donors (Lipinski definition) is 2. The lowest BCUT2D eigenvalue weighted by atomic mass is 10.2. The Morgan fingerprint density at radius 2 is 1.71 bits per heavy atom. The fourth-order valence-corrected chi connectivity index (χ4v) is 1.14. The Balaban J connectivity index is 0.000000437. The van der Waals surface area contributed by atoms with Gasteiger partial charge in [0.1, 0.15) is 0 Å². The Morgan fingerprint density at radius 3 is 2.12 bits per heavy atom. The van der Waals surface area contributed by atoms with E-state index >= 15 is 0 Å². The SMILES string of the molecule is CN(CCO)Cc1ccccc1.CS(=O)(=O)O. The molecule has 98 valence electrons. The van der Waals surface area contributed by atoms with Crippen LogP contribution in [0.3, 0.4) is 0 Å². The summed E-state index contributed by atoms with van der Waals surface area (Å²) in [4.78, 5) is 2.09. The molecule has 5 nitrogen and oxygen atoms in total. The zero-order valence-corrected chi connectivity index (χ0v) is 10.9. The molecule has 0 heterocycles. The van der Waals surface area contributed by atoms with Crippen molar-refractivity contribution in [1.82, 2.24) is 4.90 Å². The van der Waals surface area contributed by atoms with Crippen molar-refractivity contribution in [3.63, 3.8) is 0 Å². The first-order chi connectivity index (χ1) is 7.83. The fourth-order valence-electron chi connectivity index (χ4n) is 1.14. The maximum absolute atomic E-state index is 9.19. The lowest BCUT2D eigenvalue weighted by Crippen LogP contribution is -2.21. The van der Waals surface area contributed by atoms with Gasteiger partial charge in [-0.2, -0.15) is 8.42 Å². The quantitative estimate of drug-likeness (QED) is 0.777. The lowest BCUT2D eigenvalue weighted by molar-refractivity contribution is 0.217. The minimum atomic E-state index is -3.67. The van der Waals surface area contributed by atoms with Gasteiger partial charge in [0.05, 0.1) is 12.9 Å². The van der Waals surface area contributed by atoms with E-state index < -0.39 is 10.1 Å². The van der Waals surface area contributed by atoms with Gasteiger partial charge < -0.3 is 5.11 Å². The molecule has 0 radical (unpaired) electrons. The smallest absolute Gasteiger partial charge is 0.261 e. The Bertz CT molecular complexity index is 383. The number of aliphatic hydroxyl groups is 1. The predicted molar refractivity (Wildman–Crippen MR) is 67.3 cm³/mol. The molecule has 0 spiro atoms. The van der Waals surface area contributed by atoms with E-state index in [1.807, 2.05) is 25.2 Å². The molecule has 1 aromatic carbocycles. The number of nitrogens with zero attached hydrogens (tertiary/aromatic N) is 1. The topological polar surface area (TPSA) is 77.8 Å². The van der Waals surface area contributed by atoms with Crippen LogP contribution in [-0.4, -0.2) is 49.4 Å². The van der Waals surface area contributed by atoms with Gasteiger partial charge in [0.15, 0.2) is 0 Å². The molecule has 1 aromatic rings. The van der Waals surface area contributed by atoms with E-state index in [0.717, 1.165) is 13.1 Å². The van der Waals surface area contributed by atoms with E-state index in [1.165, 1.54) is 5.56 Å². The van der Waals surface area contributed by atoms with Gasteiger partial charge in [-0.3, -0.25) is 9.45 Å². The number of likely N-dealkylation sites (N-methyl/N-ethyl adjacent to an activating group) is 1. The molecule has 0 atom stereocenters. The van der Waals surface area contributed by atoms with Gasteiger partial charge in [0.25, 0.3) is 10.1 Å². The highest BCUT2D eigenvalue weighted by Crippen LogP contribution is 2.01. The summed E-state index contributed by atoms with van der Waals surface area (Å²) in [5.74, 6) is 0. The fraction of sp³-hybridized carbons (Fsp3) is 0.455. The summed E-state index contributed by atoms with van der Waals surface area (Å²) in [6.45, 7) is 1.86. The van der Waals surface area contributed by atoms with Crippen molar-refractivity contribution in [3.8, 4) is 0 Å². The van der Waals surface area contributed by atoms with E-state index in [-0.39, 0.29) is 6.61 Å². The van der Waals surface area contributed by atoms with Crippen molar-refractivity contribution in [2.24, 2.45) is 0 Å². The molecule has 0 aliphatic heterocycles. The molecule has 1 rings (SSSR count). The van der Waals surface area contributed by atoms with Crippen LogP contribution in [-0.2, 0) is 16.7 Å². The summed E-state index contributed by atoms with van der Waals surface area (Å²) in [6, 6.07) is 10.3. The van der Waals surface area contributed by atoms with E-state index in [2.05, 4.69) is 17.0 Å². The van der Waals surface area contributed by atoms with Gasteiger partial charge in [-0.1, -0.05) is 30.3 Å². The lowest BCUT2D eigenvalue weighted by Gasteiger charge is -2.14. The monoisotopic (exact) mass is 261 g/mol. The van der Waals surface area contributed by atoms with Crippen molar-refractivity contribution in [3.05, 3.63) is 35.9 Å². The second-order valence-electron chi connectivity index (χ2n) is 3.68. The van der Waals surface area contributed by atoms with Crippen molar-refractivity contribution in [2.45, 2.75) is 6.54 Å². The molecule has 17 heavy (non-hydrogen) atoms. The molecule has 0 saturated heterocycles. The minimum absolute atomic E-state index is 0.226. The Kier molecular flexibility index (Phi) is 7.73. The highest BCUT2D eigenvalue weighted by atomic mass is 32.2. The van der Waals surface area contributed by atoms with Crippen molar-refractivity contribution in [2.75, 3.05) is 26.5 Å². The summed E-state index contributed by atoms with van der Waals surface area (Å²) in [7, 11) is -1.66. The van der Waals surface area contributed by atoms with Gasteiger partial charge in [-0.15, -0.1) is 0 Å². The standard InChI is InChI=1S/C10H15NO.CH4O3S/c1-11(7-8-12)9-10-5-3-2-4-6-10;1-5(2,3)4/h2-6,12H,7-9H2,1H3;1H3,(H,2,3,4).